The van der Waals surface area contributed by atoms with Crippen molar-refractivity contribution in [2.75, 3.05) is 0 Å². The van der Waals surface area contributed by atoms with Gasteiger partial charge in [-0.2, -0.15) is 5.26 Å². The van der Waals surface area contributed by atoms with Gasteiger partial charge in [-0.1, -0.05) is 6.92 Å². The Morgan fingerprint density at radius 3 is 2.29 bits per heavy atom. The summed E-state index contributed by atoms with van der Waals surface area (Å²) < 4.78 is 0. The first kappa shape index (κ1) is 9.88. The van der Waals surface area contributed by atoms with Crippen LogP contribution < -0.4 is 5.73 Å². The smallest absolute Gasteiger partial charge is 0.0925 e. The van der Waals surface area contributed by atoms with Gasteiger partial charge in [-0.3, -0.25) is 0 Å². The summed E-state index contributed by atoms with van der Waals surface area (Å²) in [5, 5.41) is 7.96. The Morgan fingerprint density at radius 2 is 2.29 bits per heavy atom. The lowest BCUT2D eigenvalue weighted by Gasteiger charge is -1.88. The van der Waals surface area contributed by atoms with E-state index in [1.165, 1.54) is 0 Å². The molecule has 0 aromatic heterocycles. The molecule has 0 spiro atoms. The molecule has 0 saturated heterocycles. The third-order valence-corrected chi connectivity index (χ3v) is 0.606. The van der Waals surface area contributed by atoms with Gasteiger partial charge in [0.2, 0.25) is 0 Å². The molecule has 0 saturated carbocycles. The molecule has 3 heteroatoms. The average molecular weight is 121 g/mol. The van der Waals surface area contributed by atoms with Gasteiger partial charge in [0.05, 0.1) is 12.1 Å². The number of rotatable bonds is 1. The number of nitrogens with two attached hydrogens (primary N) is 1. The van der Waals surface area contributed by atoms with Gasteiger partial charge in [-0.25, -0.2) is 0 Å². The van der Waals surface area contributed by atoms with Gasteiger partial charge in [0, 0.05) is 0 Å². The predicted octanol–water partition coefficient (Wildman–Crippen LogP) is 0.669. The predicted molar refractivity (Wildman–Crippen MR) is 31.1 cm³/mol. The van der Waals surface area contributed by atoms with Gasteiger partial charge in [0.1, 0.15) is 0 Å². The van der Waals surface area contributed by atoms with Crippen LogP contribution in [0.15, 0.2) is 0 Å². The van der Waals surface area contributed by atoms with Crippen molar-refractivity contribution in [2.24, 2.45) is 5.73 Å². The van der Waals surface area contributed by atoms with E-state index in [0.29, 0.717) is 0 Å². The first-order valence-corrected chi connectivity index (χ1v) is 1.96. The van der Waals surface area contributed by atoms with Gasteiger partial charge in [-0.15, -0.1) is 12.4 Å². The molecule has 0 heterocycles. The largest absolute Gasteiger partial charge is 0.316 e. The third-order valence-electron chi connectivity index (χ3n) is 0.606. The molecule has 0 bridgehead atoms. The summed E-state index contributed by atoms with van der Waals surface area (Å²) in [5.41, 5.74) is 5.11. The molecule has 0 rings (SSSR count). The van der Waals surface area contributed by atoms with E-state index in [-0.39, 0.29) is 18.4 Å². The molecule has 0 aliphatic carbocycles. The highest BCUT2D eigenvalue weighted by Crippen LogP contribution is 1.77. The Bertz CT molecular complexity index is 66.6. The minimum atomic E-state index is -0.259. The third kappa shape index (κ3) is 5.74. The lowest BCUT2D eigenvalue weighted by atomic mass is 10.3. The zero-order chi connectivity index (χ0) is 4.99. The lowest BCUT2D eigenvalue weighted by molar-refractivity contribution is 0.795. The van der Waals surface area contributed by atoms with Crippen LogP contribution in [0.4, 0.5) is 0 Å². The summed E-state index contributed by atoms with van der Waals surface area (Å²) in [5.74, 6) is 0. The van der Waals surface area contributed by atoms with E-state index in [1.807, 2.05) is 13.0 Å². The highest BCUT2D eigenvalue weighted by Gasteiger charge is 1.88. The van der Waals surface area contributed by atoms with Crippen LogP contribution in [0.3, 0.4) is 0 Å². The van der Waals surface area contributed by atoms with E-state index in [1.54, 1.807) is 0 Å². The normalized spacial score (nSPS) is 11.0. The summed E-state index contributed by atoms with van der Waals surface area (Å²) >= 11 is 0. The lowest BCUT2D eigenvalue weighted by Crippen LogP contribution is -2.14. The number of nitrogens with zero attached hydrogens (tertiary/aromatic N) is 1. The molecular formula is C4H9ClN2. The molecule has 0 aliphatic heterocycles. The second-order valence-corrected chi connectivity index (χ2v) is 1.14. The maximum Gasteiger partial charge on any atom is 0.0925 e. The van der Waals surface area contributed by atoms with Crippen molar-refractivity contribution >= 4 is 12.4 Å². The van der Waals surface area contributed by atoms with E-state index >= 15 is 0 Å². The fourth-order valence-electron chi connectivity index (χ4n) is 0.0913. The first-order chi connectivity index (χ1) is 2.81. The molecule has 0 aliphatic rings. The van der Waals surface area contributed by atoms with Crippen LogP contribution in [0.1, 0.15) is 13.3 Å². The summed E-state index contributed by atoms with van der Waals surface area (Å²) in [6.45, 7) is 1.88. The van der Waals surface area contributed by atoms with Crippen LogP contribution in [0.2, 0.25) is 0 Å². The van der Waals surface area contributed by atoms with E-state index in [9.17, 15) is 0 Å². The molecule has 0 aromatic rings. The van der Waals surface area contributed by atoms with Crippen molar-refractivity contribution in [1.29, 1.82) is 5.26 Å². The second kappa shape index (κ2) is 5.74. The van der Waals surface area contributed by atoms with E-state index < -0.39 is 0 Å². The molecule has 42 valence electrons. The minimum absolute atomic E-state index is 0. The Balaban J connectivity index is 0. The van der Waals surface area contributed by atoms with Crippen molar-refractivity contribution in [1.82, 2.24) is 0 Å². The van der Waals surface area contributed by atoms with Gasteiger partial charge in [-0.05, 0) is 6.42 Å². The Kier molecular flexibility index (Phi) is 8.10. The average Bonchev–Trinajstić information content (AvgIpc) is 1.65. The molecule has 0 amide bonds. The molecule has 1 atom stereocenters. The maximum absolute atomic E-state index is 7.96. The summed E-state index contributed by atoms with van der Waals surface area (Å²) in [7, 11) is 0. The van der Waals surface area contributed by atoms with Crippen LogP contribution in [-0.4, -0.2) is 6.04 Å². The molecule has 7 heavy (non-hydrogen) atoms. The van der Waals surface area contributed by atoms with Crippen molar-refractivity contribution in [3.8, 4) is 6.07 Å². The Labute approximate surface area is 49.7 Å². The first-order valence-electron chi connectivity index (χ1n) is 1.96. The van der Waals surface area contributed by atoms with E-state index in [4.69, 9.17) is 11.0 Å². The Morgan fingerprint density at radius 1 is 1.86 bits per heavy atom. The molecule has 2 N–H and O–H groups in total. The number of nitriles is 1. The van der Waals surface area contributed by atoms with Gasteiger partial charge >= 0.3 is 0 Å². The zero-order valence-corrected chi connectivity index (χ0v) is 5.03. The summed E-state index contributed by atoms with van der Waals surface area (Å²) in [6, 6.07) is 1.63. The fraction of sp³-hybridized carbons (Fsp3) is 0.750. The standard InChI is InChI=1S/C4H8N2.ClH/c1-2-4(6)3-5;/h4H,2,6H2,1H3;1H/t4-;/m1./s1. The molecular weight excluding hydrogens is 112 g/mol. The summed E-state index contributed by atoms with van der Waals surface area (Å²) in [4.78, 5) is 0. The second-order valence-electron chi connectivity index (χ2n) is 1.14. The molecule has 0 radical (unpaired) electrons. The van der Waals surface area contributed by atoms with Gasteiger partial charge in [0.25, 0.3) is 0 Å². The number of hydrogen-bond acceptors (Lipinski definition) is 2. The molecule has 2 nitrogen and oxygen atoms in total. The van der Waals surface area contributed by atoms with Gasteiger partial charge < -0.3 is 5.73 Å². The fourth-order valence-corrected chi connectivity index (χ4v) is 0.0913. The Hall–Kier alpha value is -0.260. The van der Waals surface area contributed by atoms with Crippen LogP contribution in [-0.2, 0) is 0 Å². The number of halogens is 1. The highest BCUT2D eigenvalue weighted by molar-refractivity contribution is 5.85. The van der Waals surface area contributed by atoms with Crippen LogP contribution in [0.25, 0.3) is 0 Å². The number of hydrogen-bond donors (Lipinski definition) is 1. The monoisotopic (exact) mass is 120 g/mol. The van der Waals surface area contributed by atoms with Crippen LogP contribution in [0.5, 0.6) is 0 Å². The van der Waals surface area contributed by atoms with E-state index in [0.717, 1.165) is 6.42 Å². The topological polar surface area (TPSA) is 49.8 Å². The van der Waals surface area contributed by atoms with Crippen LogP contribution >= 0.6 is 12.4 Å². The van der Waals surface area contributed by atoms with Crippen molar-refractivity contribution < 1.29 is 0 Å². The van der Waals surface area contributed by atoms with E-state index in [2.05, 4.69) is 0 Å². The zero-order valence-electron chi connectivity index (χ0n) is 4.22. The molecule has 0 unspecified atom stereocenters. The molecule has 0 fully saturated rings. The van der Waals surface area contributed by atoms with Gasteiger partial charge in [0.15, 0.2) is 0 Å². The quantitative estimate of drug-likeness (QED) is 0.553. The SMILES string of the molecule is CC[C@@H](N)C#N.Cl. The molecule has 0 aromatic carbocycles. The minimum Gasteiger partial charge on any atom is -0.316 e. The summed E-state index contributed by atoms with van der Waals surface area (Å²) in [6.07, 6.45) is 0.747. The highest BCUT2D eigenvalue weighted by atomic mass is 35.5. The van der Waals surface area contributed by atoms with Crippen molar-refractivity contribution in [3.63, 3.8) is 0 Å². The van der Waals surface area contributed by atoms with Crippen molar-refractivity contribution in [3.05, 3.63) is 0 Å². The van der Waals surface area contributed by atoms with Crippen molar-refractivity contribution in [2.45, 2.75) is 19.4 Å². The van der Waals surface area contributed by atoms with Crippen LogP contribution in [0, 0.1) is 11.3 Å². The maximum atomic E-state index is 7.96.